The van der Waals surface area contributed by atoms with E-state index in [0.717, 1.165) is 25.2 Å². The summed E-state index contributed by atoms with van der Waals surface area (Å²) in [5.74, 6) is 1.68. The minimum Gasteiger partial charge on any atom is -0.316 e. The van der Waals surface area contributed by atoms with Crippen LogP contribution in [0.25, 0.3) is 0 Å². The van der Waals surface area contributed by atoms with Crippen molar-refractivity contribution in [2.24, 2.45) is 11.3 Å². The fraction of sp³-hybridized carbons (Fsp3) is 0.857. The van der Waals surface area contributed by atoms with Gasteiger partial charge in [0.15, 0.2) is 0 Å². The highest BCUT2D eigenvalue weighted by Gasteiger charge is 2.28. The van der Waals surface area contributed by atoms with Crippen molar-refractivity contribution in [2.75, 3.05) is 7.05 Å². The number of aromatic nitrogens is 3. The van der Waals surface area contributed by atoms with E-state index in [1.807, 2.05) is 11.7 Å². The molecule has 0 aliphatic rings. The third kappa shape index (κ3) is 3.80. The Bertz CT molecular complexity index is 354. The van der Waals surface area contributed by atoms with E-state index in [1.165, 1.54) is 0 Å². The summed E-state index contributed by atoms with van der Waals surface area (Å²) in [6.45, 7) is 12.2. The Balaban J connectivity index is 2.79. The first-order valence-electron chi connectivity index (χ1n) is 6.94. The average Bonchev–Trinajstić information content (AvgIpc) is 2.72. The molecular weight excluding hydrogens is 224 g/mol. The van der Waals surface area contributed by atoms with E-state index in [4.69, 9.17) is 0 Å². The van der Waals surface area contributed by atoms with Crippen LogP contribution in [0, 0.1) is 11.3 Å². The Morgan fingerprint density at radius 3 is 2.56 bits per heavy atom. The standard InChI is InChI=1S/C14H28N4/c1-7-14(4,5)12(15-6)8-13-16-10-17-18(13)9-11(2)3/h10-12,15H,7-9H2,1-6H3. The molecule has 0 saturated carbocycles. The summed E-state index contributed by atoms with van der Waals surface area (Å²) in [6, 6.07) is 0.428. The van der Waals surface area contributed by atoms with Crippen molar-refractivity contribution in [3.8, 4) is 0 Å². The van der Waals surface area contributed by atoms with Crippen LogP contribution in [0.4, 0.5) is 0 Å². The SMILES string of the molecule is CCC(C)(C)C(Cc1ncnn1CC(C)C)NC. The van der Waals surface area contributed by atoms with Crippen LogP contribution < -0.4 is 5.32 Å². The van der Waals surface area contributed by atoms with E-state index < -0.39 is 0 Å². The number of nitrogens with zero attached hydrogens (tertiary/aromatic N) is 3. The molecule has 104 valence electrons. The Labute approximate surface area is 111 Å². The molecule has 18 heavy (non-hydrogen) atoms. The van der Waals surface area contributed by atoms with Crippen LogP contribution in [-0.2, 0) is 13.0 Å². The van der Waals surface area contributed by atoms with Gasteiger partial charge in [-0.05, 0) is 24.8 Å². The van der Waals surface area contributed by atoms with Gasteiger partial charge in [-0.1, -0.05) is 34.6 Å². The molecule has 1 aromatic rings. The van der Waals surface area contributed by atoms with Crippen molar-refractivity contribution >= 4 is 0 Å². The van der Waals surface area contributed by atoms with E-state index >= 15 is 0 Å². The zero-order valence-electron chi connectivity index (χ0n) is 12.7. The molecule has 0 fully saturated rings. The van der Waals surface area contributed by atoms with Gasteiger partial charge in [0.05, 0.1) is 0 Å². The zero-order chi connectivity index (χ0) is 13.8. The van der Waals surface area contributed by atoms with Gasteiger partial charge in [0, 0.05) is 19.0 Å². The van der Waals surface area contributed by atoms with Crippen molar-refractivity contribution < 1.29 is 0 Å². The number of hydrogen-bond acceptors (Lipinski definition) is 3. The molecule has 0 spiro atoms. The van der Waals surface area contributed by atoms with E-state index in [-0.39, 0.29) is 5.41 Å². The molecule has 1 atom stereocenters. The highest BCUT2D eigenvalue weighted by molar-refractivity contribution is 4.94. The molecule has 0 saturated heterocycles. The average molecular weight is 252 g/mol. The third-order valence-electron chi connectivity index (χ3n) is 3.82. The predicted octanol–water partition coefficient (Wildman–Crippen LogP) is 2.50. The molecule has 4 heteroatoms. The number of rotatable bonds is 7. The summed E-state index contributed by atoms with van der Waals surface area (Å²) in [7, 11) is 2.03. The Kier molecular flexibility index (Phi) is 5.32. The van der Waals surface area contributed by atoms with Crippen molar-refractivity contribution in [1.82, 2.24) is 20.1 Å². The second-order valence-corrected chi connectivity index (χ2v) is 6.14. The lowest BCUT2D eigenvalue weighted by Crippen LogP contribution is -2.42. The third-order valence-corrected chi connectivity index (χ3v) is 3.82. The van der Waals surface area contributed by atoms with Gasteiger partial charge in [-0.25, -0.2) is 9.67 Å². The normalized spacial score (nSPS) is 14.2. The number of hydrogen-bond donors (Lipinski definition) is 1. The first-order chi connectivity index (χ1) is 8.40. The lowest BCUT2D eigenvalue weighted by Gasteiger charge is -2.33. The van der Waals surface area contributed by atoms with Crippen LogP contribution in [0.15, 0.2) is 6.33 Å². The highest BCUT2D eigenvalue weighted by atomic mass is 15.3. The van der Waals surface area contributed by atoms with Gasteiger partial charge >= 0.3 is 0 Å². The van der Waals surface area contributed by atoms with Gasteiger partial charge in [0.25, 0.3) is 0 Å². The predicted molar refractivity (Wildman–Crippen MR) is 75.5 cm³/mol. The molecule has 0 aliphatic heterocycles. The number of nitrogens with one attached hydrogen (secondary N) is 1. The minimum absolute atomic E-state index is 0.267. The quantitative estimate of drug-likeness (QED) is 0.811. The largest absolute Gasteiger partial charge is 0.316 e. The zero-order valence-corrected chi connectivity index (χ0v) is 12.7. The maximum Gasteiger partial charge on any atom is 0.138 e. The Morgan fingerprint density at radius 1 is 1.39 bits per heavy atom. The Morgan fingerprint density at radius 2 is 2.06 bits per heavy atom. The van der Waals surface area contributed by atoms with E-state index in [1.54, 1.807) is 6.33 Å². The molecule has 1 unspecified atom stereocenters. The van der Waals surface area contributed by atoms with E-state index in [9.17, 15) is 0 Å². The topological polar surface area (TPSA) is 42.7 Å². The second-order valence-electron chi connectivity index (χ2n) is 6.14. The first-order valence-corrected chi connectivity index (χ1v) is 6.94. The molecule has 1 heterocycles. The molecule has 0 radical (unpaired) electrons. The van der Waals surface area contributed by atoms with Gasteiger partial charge in [0.1, 0.15) is 12.2 Å². The fourth-order valence-electron chi connectivity index (χ4n) is 2.14. The summed E-state index contributed by atoms with van der Waals surface area (Å²) in [5.41, 5.74) is 0.267. The molecule has 4 nitrogen and oxygen atoms in total. The van der Waals surface area contributed by atoms with Crippen molar-refractivity contribution in [3.63, 3.8) is 0 Å². The molecule has 0 amide bonds. The van der Waals surface area contributed by atoms with Gasteiger partial charge in [-0.2, -0.15) is 5.10 Å². The molecule has 1 aromatic heterocycles. The first kappa shape index (κ1) is 15.2. The fourth-order valence-corrected chi connectivity index (χ4v) is 2.14. The molecule has 0 aliphatic carbocycles. The van der Waals surface area contributed by atoms with Crippen molar-refractivity contribution in [3.05, 3.63) is 12.2 Å². The van der Waals surface area contributed by atoms with Gasteiger partial charge in [-0.3, -0.25) is 0 Å². The lowest BCUT2D eigenvalue weighted by molar-refractivity contribution is 0.235. The summed E-state index contributed by atoms with van der Waals surface area (Å²) in [4.78, 5) is 4.42. The highest BCUT2D eigenvalue weighted by Crippen LogP contribution is 2.26. The lowest BCUT2D eigenvalue weighted by atomic mass is 9.80. The summed E-state index contributed by atoms with van der Waals surface area (Å²) in [6.07, 6.45) is 3.75. The summed E-state index contributed by atoms with van der Waals surface area (Å²) < 4.78 is 2.04. The van der Waals surface area contributed by atoms with Gasteiger partial charge in [-0.15, -0.1) is 0 Å². The van der Waals surface area contributed by atoms with Crippen LogP contribution in [0.1, 0.15) is 46.9 Å². The van der Waals surface area contributed by atoms with E-state index in [0.29, 0.717) is 12.0 Å². The smallest absolute Gasteiger partial charge is 0.138 e. The molecular formula is C14H28N4. The number of likely N-dealkylation sites (N-methyl/N-ethyl adjacent to an activating group) is 1. The molecule has 1 N–H and O–H groups in total. The van der Waals surface area contributed by atoms with Gasteiger partial charge in [0.2, 0.25) is 0 Å². The summed E-state index contributed by atoms with van der Waals surface area (Å²) in [5, 5.41) is 7.76. The van der Waals surface area contributed by atoms with Crippen LogP contribution in [0.3, 0.4) is 0 Å². The van der Waals surface area contributed by atoms with Crippen LogP contribution in [-0.4, -0.2) is 27.9 Å². The molecule has 1 rings (SSSR count). The molecule has 0 aromatic carbocycles. The minimum atomic E-state index is 0.267. The van der Waals surface area contributed by atoms with E-state index in [2.05, 4.69) is 50.0 Å². The van der Waals surface area contributed by atoms with Crippen molar-refractivity contribution in [1.29, 1.82) is 0 Å². The van der Waals surface area contributed by atoms with Crippen LogP contribution >= 0.6 is 0 Å². The maximum absolute atomic E-state index is 4.42. The second kappa shape index (κ2) is 6.32. The molecule has 0 bridgehead atoms. The van der Waals surface area contributed by atoms with Crippen molar-refractivity contribution in [2.45, 2.75) is 60.0 Å². The monoisotopic (exact) mass is 252 g/mol. The summed E-state index contributed by atoms with van der Waals surface area (Å²) >= 11 is 0. The van der Waals surface area contributed by atoms with Gasteiger partial charge < -0.3 is 5.32 Å². The van der Waals surface area contributed by atoms with Crippen LogP contribution in [0.5, 0.6) is 0 Å². The van der Waals surface area contributed by atoms with Crippen LogP contribution in [0.2, 0.25) is 0 Å². The maximum atomic E-state index is 4.42. The Hall–Kier alpha value is -0.900.